The van der Waals surface area contributed by atoms with Gasteiger partial charge in [-0.05, 0) is 60.4 Å². The Kier molecular flexibility index (Phi) is 7.68. The first-order valence-electron chi connectivity index (χ1n) is 13.1. The third kappa shape index (κ3) is 5.92. The summed E-state index contributed by atoms with van der Waals surface area (Å²) in [7, 11) is 1.67. The van der Waals surface area contributed by atoms with Gasteiger partial charge in [-0.15, -0.1) is 0 Å². The highest BCUT2D eigenvalue weighted by Crippen LogP contribution is 2.35. The Bertz CT molecular complexity index is 1250. The van der Waals surface area contributed by atoms with Crippen molar-refractivity contribution in [2.24, 2.45) is 5.10 Å². The van der Waals surface area contributed by atoms with E-state index >= 15 is 0 Å². The summed E-state index contributed by atoms with van der Waals surface area (Å²) in [4.78, 5) is 18.4. The van der Waals surface area contributed by atoms with Crippen molar-refractivity contribution in [2.75, 3.05) is 39.8 Å². The van der Waals surface area contributed by atoms with E-state index in [2.05, 4.69) is 72.2 Å². The van der Waals surface area contributed by atoms with Gasteiger partial charge in [-0.3, -0.25) is 14.6 Å². The van der Waals surface area contributed by atoms with Crippen LogP contribution in [-0.4, -0.2) is 66.3 Å². The van der Waals surface area contributed by atoms with Crippen LogP contribution >= 0.6 is 0 Å². The lowest BCUT2D eigenvalue weighted by atomic mass is 9.94. The fraction of sp³-hybridized carbons (Fsp3) is 0.355. The minimum Gasteiger partial charge on any atom is -0.497 e. The molecule has 3 aromatic rings. The number of methoxy groups -OCH3 is 1. The van der Waals surface area contributed by atoms with Gasteiger partial charge >= 0.3 is 0 Å². The van der Waals surface area contributed by atoms with E-state index in [9.17, 15) is 4.79 Å². The predicted molar refractivity (Wildman–Crippen MR) is 148 cm³/mol. The van der Waals surface area contributed by atoms with Crippen molar-refractivity contribution in [3.05, 3.63) is 101 Å². The van der Waals surface area contributed by atoms with Gasteiger partial charge in [0.05, 0.1) is 25.4 Å². The first-order valence-corrected chi connectivity index (χ1v) is 13.1. The molecule has 0 bridgehead atoms. The van der Waals surface area contributed by atoms with Crippen molar-refractivity contribution in [3.63, 3.8) is 0 Å². The number of amides is 1. The van der Waals surface area contributed by atoms with Gasteiger partial charge in [0.1, 0.15) is 5.75 Å². The Labute approximate surface area is 220 Å². The van der Waals surface area contributed by atoms with E-state index in [4.69, 9.17) is 9.84 Å². The zero-order valence-electron chi connectivity index (χ0n) is 22.1. The van der Waals surface area contributed by atoms with E-state index in [1.807, 2.05) is 24.3 Å². The second kappa shape index (κ2) is 11.3. The van der Waals surface area contributed by atoms with Gasteiger partial charge in [-0.25, -0.2) is 5.01 Å². The molecule has 3 aromatic carbocycles. The van der Waals surface area contributed by atoms with Crippen molar-refractivity contribution < 1.29 is 9.53 Å². The summed E-state index contributed by atoms with van der Waals surface area (Å²) >= 11 is 0. The van der Waals surface area contributed by atoms with Crippen LogP contribution in [0.5, 0.6) is 5.75 Å². The standard InChI is InChI=1S/C31H36N4O2/c1-23-9-10-24(2)28(19-23)30-20-29(26-11-13-27(37-3)14-12-26)32-35(30)31(36)22-34-17-15-33(16-18-34)21-25-7-5-4-6-8-25/h4-14,19,30H,15-18,20-22H2,1-3H3. The quantitative estimate of drug-likeness (QED) is 0.471. The number of hydrogen-bond acceptors (Lipinski definition) is 5. The van der Waals surface area contributed by atoms with Crippen LogP contribution in [0.15, 0.2) is 77.9 Å². The molecule has 0 aliphatic carbocycles. The number of ether oxygens (including phenoxy) is 1. The maximum atomic E-state index is 13.7. The summed E-state index contributed by atoms with van der Waals surface area (Å²) in [5, 5.41) is 6.65. The van der Waals surface area contributed by atoms with Gasteiger partial charge in [0.2, 0.25) is 0 Å². The second-order valence-electron chi connectivity index (χ2n) is 10.1. The molecule has 0 saturated carbocycles. The first-order chi connectivity index (χ1) is 18.0. The molecular weight excluding hydrogens is 460 g/mol. The minimum atomic E-state index is -0.0936. The molecule has 2 aliphatic rings. The molecule has 1 amide bonds. The molecule has 2 aliphatic heterocycles. The van der Waals surface area contributed by atoms with Crippen LogP contribution in [0.3, 0.4) is 0 Å². The van der Waals surface area contributed by atoms with Crippen LogP contribution in [0, 0.1) is 13.8 Å². The average Bonchev–Trinajstić information content (AvgIpc) is 3.37. The average molecular weight is 497 g/mol. The van der Waals surface area contributed by atoms with Gasteiger partial charge in [0, 0.05) is 39.1 Å². The van der Waals surface area contributed by atoms with Crippen LogP contribution in [0.25, 0.3) is 0 Å². The molecule has 0 aromatic heterocycles. The van der Waals surface area contributed by atoms with Crippen molar-refractivity contribution >= 4 is 11.6 Å². The second-order valence-corrected chi connectivity index (χ2v) is 10.1. The highest BCUT2D eigenvalue weighted by atomic mass is 16.5. The Hall–Kier alpha value is -3.48. The van der Waals surface area contributed by atoms with E-state index < -0.39 is 0 Å². The molecular formula is C31H36N4O2. The lowest BCUT2D eigenvalue weighted by molar-refractivity contribution is -0.134. The lowest BCUT2D eigenvalue weighted by Gasteiger charge is -2.35. The largest absolute Gasteiger partial charge is 0.497 e. The fourth-order valence-electron chi connectivity index (χ4n) is 5.27. The third-order valence-corrected chi connectivity index (χ3v) is 7.46. The van der Waals surface area contributed by atoms with Crippen LogP contribution in [0.1, 0.15) is 40.3 Å². The Morgan fingerprint density at radius 1 is 0.919 bits per heavy atom. The zero-order chi connectivity index (χ0) is 25.8. The molecule has 1 unspecified atom stereocenters. The van der Waals surface area contributed by atoms with E-state index in [0.29, 0.717) is 13.0 Å². The maximum absolute atomic E-state index is 13.7. The summed E-state index contributed by atoms with van der Waals surface area (Å²) in [6, 6.07) is 24.9. The monoisotopic (exact) mass is 496 g/mol. The van der Waals surface area contributed by atoms with Gasteiger partial charge < -0.3 is 4.74 Å². The van der Waals surface area contributed by atoms with Crippen LogP contribution in [0.4, 0.5) is 0 Å². The molecule has 1 atom stereocenters. The number of benzene rings is 3. The number of nitrogens with zero attached hydrogens (tertiary/aromatic N) is 4. The molecule has 5 rings (SSSR count). The van der Waals surface area contributed by atoms with E-state index in [1.165, 1.54) is 22.3 Å². The number of carbonyl (C=O) groups excluding carboxylic acids is 1. The molecule has 1 saturated heterocycles. The van der Waals surface area contributed by atoms with E-state index in [0.717, 1.165) is 49.7 Å². The fourth-order valence-corrected chi connectivity index (χ4v) is 5.27. The van der Waals surface area contributed by atoms with Crippen molar-refractivity contribution in [3.8, 4) is 5.75 Å². The van der Waals surface area contributed by atoms with Crippen LogP contribution in [-0.2, 0) is 11.3 Å². The van der Waals surface area contributed by atoms with Crippen molar-refractivity contribution in [1.82, 2.24) is 14.8 Å². The van der Waals surface area contributed by atoms with Crippen LogP contribution < -0.4 is 4.74 Å². The molecule has 0 N–H and O–H groups in total. The van der Waals surface area contributed by atoms with Crippen molar-refractivity contribution in [2.45, 2.75) is 32.9 Å². The SMILES string of the molecule is COc1ccc(C2=NN(C(=O)CN3CCN(Cc4ccccc4)CC3)C(c3cc(C)ccc3C)C2)cc1. The molecule has 1 fully saturated rings. The summed E-state index contributed by atoms with van der Waals surface area (Å²) in [6.07, 6.45) is 0.702. The highest BCUT2D eigenvalue weighted by Gasteiger charge is 2.35. The molecule has 192 valence electrons. The minimum absolute atomic E-state index is 0.0610. The molecule has 0 spiro atoms. The third-order valence-electron chi connectivity index (χ3n) is 7.46. The van der Waals surface area contributed by atoms with Gasteiger partial charge in [0.15, 0.2) is 0 Å². The van der Waals surface area contributed by atoms with Gasteiger partial charge in [-0.2, -0.15) is 5.10 Å². The summed E-state index contributed by atoms with van der Waals surface area (Å²) < 4.78 is 5.32. The topological polar surface area (TPSA) is 48.4 Å². The van der Waals surface area contributed by atoms with Crippen molar-refractivity contribution in [1.29, 1.82) is 0 Å². The Morgan fingerprint density at radius 3 is 2.32 bits per heavy atom. The van der Waals surface area contributed by atoms with Gasteiger partial charge in [0.25, 0.3) is 5.91 Å². The summed E-state index contributed by atoms with van der Waals surface area (Å²) in [5.41, 5.74) is 6.86. The number of rotatable bonds is 7. The zero-order valence-corrected chi connectivity index (χ0v) is 22.1. The predicted octanol–water partition coefficient (Wildman–Crippen LogP) is 4.81. The van der Waals surface area contributed by atoms with E-state index in [1.54, 1.807) is 12.1 Å². The molecule has 0 radical (unpaired) electrons. The smallest absolute Gasteiger partial charge is 0.257 e. The number of aryl methyl sites for hydroxylation is 2. The Morgan fingerprint density at radius 2 is 1.62 bits per heavy atom. The molecule has 2 heterocycles. The first kappa shape index (κ1) is 25.2. The number of carbonyl (C=O) groups is 1. The molecule has 6 nitrogen and oxygen atoms in total. The Balaban J connectivity index is 1.30. The maximum Gasteiger partial charge on any atom is 0.257 e. The normalized spacial score (nSPS) is 18.6. The number of hydrazone groups is 1. The summed E-state index contributed by atoms with van der Waals surface area (Å²) in [5.74, 6) is 0.874. The summed E-state index contributed by atoms with van der Waals surface area (Å²) in [6.45, 7) is 9.26. The lowest BCUT2D eigenvalue weighted by Crippen LogP contribution is -2.49. The number of piperazine rings is 1. The van der Waals surface area contributed by atoms with Crippen LogP contribution in [0.2, 0.25) is 0 Å². The molecule has 6 heteroatoms. The highest BCUT2D eigenvalue weighted by molar-refractivity contribution is 6.03. The molecule has 37 heavy (non-hydrogen) atoms. The van der Waals surface area contributed by atoms with E-state index in [-0.39, 0.29) is 11.9 Å². The number of hydrogen-bond donors (Lipinski definition) is 0. The van der Waals surface area contributed by atoms with Gasteiger partial charge in [-0.1, -0.05) is 54.1 Å².